The minimum atomic E-state index is 0.664. The van der Waals surface area contributed by atoms with Crippen molar-refractivity contribution in [1.82, 2.24) is 14.7 Å². The van der Waals surface area contributed by atoms with Crippen molar-refractivity contribution in [3.63, 3.8) is 0 Å². The molecule has 2 rings (SSSR count). The highest BCUT2D eigenvalue weighted by molar-refractivity contribution is 7.15. The molecule has 118 valence electrons. The molecule has 1 atom stereocenters. The zero-order valence-corrected chi connectivity index (χ0v) is 14.7. The number of hydrogen-bond acceptors (Lipinski definition) is 4. The number of aromatic nitrogens is 2. The molecule has 0 bridgehead atoms. The summed E-state index contributed by atoms with van der Waals surface area (Å²) in [6.45, 7) is 12.0. The summed E-state index contributed by atoms with van der Waals surface area (Å²) in [7, 11) is 2.16. The van der Waals surface area contributed by atoms with Gasteiger partial charge in [0.05, 0.1) is 5.69 Å². The molecule has 2 aromatic heterocycles. The van der Waals surface area contributed by atoms with Crippen molar-refractivity contribution >= 4 is 22.1 Å². The van der Waals surface area contributed by atoms with Crippen LogP contribution in [0.1, 0.15) is 39.8 Å². The van der Waals surface area contributed by atoms with Gasteiger partial charge in [-0.05, 0) is 18.4 Å². The first-order valence-corrected chi connectivity index (χ1v) is 8.77. The molecule has 0 saturated carbocycles. The maximum atomic E-state index is 4.83. The van der Waals surface area contributed by atoms with Crippen molar-refractivity contribution in [3.8, 4) is 0 Å². The van der Waals surface area contributed by atoms with Crippen LogP contribution >= 0.6 is 11.3 Å². The number of anilines is 1. The average Bonchev–Trinajstić information content (AvgIpc) is 3.00. The predicted octanol–water partition coefficient (Wildman–Crippen LogP) is 3.62. The van der Waals surface area contributed by atoms with Gasteiger partial charge in [-0.1, -0.05) is 34.1 Å². The van der Waals surface area contributed by atoms with Gasteiger partial charge in [0.15, 0.2) is 10.8 Å². The summed E-state index contributed by atoms with van der Waals surface area (Å²) in [4.78, 5) is 8.22. The highest BCUT2D eigenvalue weighted by atomic mass is 32.1. The van der Waals surface area contributed by atoms with Crippen LogP contribution in [-0.4, -0.2) is 29.5 Å². The largest absolute Gasteiger partial charge is 0.358 e. The van der Waals surface area contributed by atoms with Gasteiger partial charge < -0.3 is 10.2 Å². The van der Waals surface area contributed by atoms with Gasteiger partial charge in [-0.15, -0.1) is 11.3 Å². The minimum absolute atomic E-state index is 0.664. The number of nitrogens with zero attached hydrogens (tertiary/aromatic N) is 3. The fraction of sp³-hybridized carbons (Fsp3) is 0.688. The Morgan fingerprint density at radius 3 is 2.81 bits per heavy atom. The normalized spacial score (nSPS) is 13.2. The Kier molecular flexibility index (Phi) is 5.65. The van der Waals surface area contributed by atoms with Crippen LogP contribution in [0.3, 0.4) is 0 Å². The third kappa shape index (κ3) is 3.98. The Hall–Kier alpha value is -1.07. The van der Waals surface area contributed by atoms with E-state index >= 15 is 0 Å². The zero-order valence-electron chi connectivity index (χ0n) is 13.9. The molecular formula is C16H28N4S. The molecule has 0 radical (unpaired) electrons. The Morgan fingerprint density at radius 1 is 1.38 bits per heavy atom. The fourth-order valence-electron chi connectivity index (χ4n) is 2.45. The molecule has 5 heteroatoms. The summed E-state index contributed by atoms with van der Waals surface area (Å²) < 4.78 is 2.22. The molecule has 21 heavy (non-hydrogen) atoms. The van der Waals surface area contributed by atoms with E-state index in [1.807, 2.05) is 0 Å². The predicted molar refractivity (Wildman–Crippen MR) is 92.3 cm³/mol. The molecule has 0 amide bonds. The molecule has 0 saturated heterocycles. The molecule has 2 heterocycles. The Balaban J connectivity index is 2.19. The van der Waals surface area contributed by atoms with E-state index in [0.717, 1.165) is 30.4 Å². The Morgan fingerprint density at radius 2 is 2.14 bits per heavy atom. The van der Waals surface area contributed by atoms with Crippen molar-refractivity contribution in [2.24, 2.45) is 11.8 Å². The van der Waals surface area contributed by atoms with E-state index < -0.39 is 0 Å². The molecule has 2 aromatic rings. The molecule has 1 N–H and O–H groups in total. The van der Waals surface area contributed by atoms with Crippen molar-refractivity contribution in [3.05, 3.63) is 17.3 Å². The van der Waals surface area contributed by atoms with Crippen molar-refractivity contribution < 1.29 is 0 Å². The van der Waals surface area contributed by atoms with E-state index in [4.69, 9.17) is 4.98 Å². The Labute approximate surface area is 132 Å². The first-order valence-electron chi connectivity index (χ1n) is 7.89. The first-order chi connectivity index (χ1) is 10.0. The second-order valence-electron chi connectivity index (χ2n) is 6.36. The van der Waals surface area contributed by atoms with Gasteiger partial charge in [-0.25, -0.2) is 4.98 Å². The highest BCUT2D eigenvalue weighted by Gasteiger charge is 2.17. The highest BCUT2D eigenvalue weighted by Crippen LogP contribution is 2.24. The molecule has 0 spiro atoms. The van der Waals surface area contributed by atoms with Crippen LogP contribution in [0.5, 0.6) is 0 Å². The van der Waals surface area contributed by atoms with E-state index in [9.17, 15) is 0 Å². The van der Waals surface area contributed by atoms with Crippen molar-refractivity contribution in [2.45, 2.75) is 40.7 Å². The van der Waals surface area contributed by atoms with E-state index in [-0.39, 0.29) is 0 Å². The van der Waals surface area contributed by atoms with Gasteiger partial charge in [0.1, 0.15) is 0 Å². The summed E-state index contributed by atoms with van der Waals surface area (Å²) >= 11 is 1.70. The molecule has 1 unspecified atom stereocenters. The van der Waals surface area contributed by atoms with Crippen LogP contribution in [0.4, 0.5) is 5.82 Å². The average molecular weight is 308 g/mol. The van der Waals surface area contributed by atoms with Crippen molar-refractivity contribution in [1.29, 1.82) is 0 Å². The van der Waals surface area contributed by atoms with Crippen LogP contribution in [0.2, 0.25) is 0 Å². The summed E-state index contributed by atoms with van der Waals surface area (Å²) in [5, 5.41) is 5.65. The second kappa shape index (κ2) is 7.27. The molecule has 0 fully saturated rings. The maximum absolute atomic E-state index is 4.83. The Bertz CT molecular complexity index is 558. The number of rotatable bonds is 8. The topological polar surface area (TPSA) is 32.6 Å². The van der Waals surface area contributed by atoms with E-state index in [1.165, 1.54) is 12.1 Å². The van der Waals surface area contributed by atoms with E-state index in [2.05, 4.69) is 60.9 Å². The SMILES string of the molecule is CCC(C)CN(C)c1nc2sccn2c1CNCC(C)C. The smallest absolute Gasteiger partial charge is 0.195 e. The lowest BCUT2D eigenvalue weighted by Gasteiger charge is -2.22. The molecular weight excluding hydrogens is 280 g/mol. The molecule has 0 aliphatic rings. The maximum Gasteiger partial charge on any atom is 0.195 e. The van der Waals surface area contributed by atoms with E-state index in [0.29, 0.717) is 11.8 Å². The van der Waals surface area contributed by atoms with Gasteiger partial charge in [-0.2, -0.15) is 0 Å². The van der Waals surface area contributed by atoms with Crippen LogP contribution < -0.4 is 10.2 Å². The monoisotopic (exact) mass is 308 g/mol. The first kappa shape index (κ1) is 16.3. The van der Waals surface area contributed by atoms with Crippen LogP contribution in [0, 0.1) is 11.8 Å². The number of fused-ring (bicyclic) bond motifs is 1. The zero-order chi connectivity index (χ0) is 15.4. The van der Waals surface area contributed by atoms with Crippen LogP contribution in [0.15, 0.2) is 11.6 Å². The fourth-order valence-corrected chi connectivity index (χ4v) is 3.18. The lowest BCUT2D eigenvalue weighted by Crippen LogP contribution is -2.27. The molecule has 0 aliphatic carbocycles. The minimum Gasteiger partial charge on any atom is -0.358 e. The van der Waals surface area contributed by atoms with E-state index in [1.54, 1.807) is 11.3 Å². The van der Waals surface area contributed by atoms with Crippen molar-refractivity contribution in [2.75, 3.05) is 25.0 Å². The summed E-state index contributed by atoms with van der Waals surface area (Å²) in [5.74, 6) is 2.47. The van der Waals surface area contributed by atoms with Gasteiger partial charge in [0.25, 0.3) is 0 Å². The number of thiazole rings is 1. The molecule has 0 aromatic carbocycles. The standard InChI is InChI=1S/C16H28N4S/c1-6-13(4)11-19(5)15-14(10-17-9-12(2)3)20-7-8-21-16(20)18-15/h7-8,12-13,17H,6,9-11H2,1-5H3. The third-order valence-electron chi connectivity index (χ3n) is 3.83. The third-order valence-corrected chi connectivity index (χ3v) is 4.59. The van der Waals surface area contributed by atoms with Gasteiger partial charge in [-0.3, -0.25) is 4.40 Å². The lowest BCUT2D eigenvalue weighted by atomic mass is 10.1. The lowest BCUT2D eigenvalue weighted by molar-refractivity contribution is 0.541. The van der Waals surface area contributed by atoms with Gasteiger partial charge in [0, 0.05) is 31.7 Å². The van der Waals surface area contributed by atoms with Crippen LogP contribution in [-0.2, 0) is 6.54 Å². The summed E-state index contributed by atoms with van der Waals surface area (Å²) in [5.41, 5.74) is 1.28. The number of hydrogen-bond donors (Lipinski definition) is 1. The summed E-state index contributed by atoms with van der Waals surface area (Å²) in [6, 6.07) is 0. The molecule has 0 aliphatic heterocycles. The number of nitrogens with one attached hydrogen (secondary N) is 1. The van der Waals surface area contributed by atoms with Gasteiger partial charge >= 0.3 is 0 Å². The summed E-state index contributed by atoms with van der Waals surface area (Å²) in [6.07, 6.45) is 3.33. The van der Waals surface area contributed by atoms with Gasteiger partial charge in [0.2, 0.25) is 0 Å². The second-order valence-corrected chi connectivity index (χ2v) is 7.23. The quantitative estimate of drug-likeness (QED) is 0.808. The van der Waals surface area contributed by atoms with Crippen LogP contribution in [0.25, 0.3) is 4.96 Å². The number of imidazole rings is 1. The molecule has 4 nitrogen and oxygen atoms in total.